The van der Waals surface area contributed by atoms with Gasteiger partial charge >= 0.3 is 0 Å². The van der Waals surface area contributed by atoms with E-state index < -0.39 is 5.82 Å². The molecule has 1 N–H and O–H groups in total. The molecule has 0 fully saturated rings. The van der Waals surface area contributed by atoms with E-state index in [1.807, 2.05) is 6.07 Å². The number of nitrogens with zero attached hydrogens (tertiary/aromatic N) is 1. The van der Waals surface area contributed by atoms with Gasteiger partial charge in [0.25, 0.3) is 0 Å². The second-order valence-electron chi connectivity index (χ2n) is 3.97. The zero-order valence-electron chi connectivity index (χ0n) is 10.8. The Morgan fingerprint density at radius 2 is 2.05 bits per heavy atom. The summed E-state index contributed by atoms with van der Waals surface area (Å²) in [4.78, 5) is 0. The molecule has 0 aliphatic heterocycles. The first-order chi connectivity index (χ1) is 9.69. The lowest BCUT2D eigenvalue weighted by Gasteiger charge is -2.13. The van der Waals surface area contributed by atoms with Gasteiger partial charge in [-0.1, -0.05) is 12.1 Å². The highest BCUT2D eigenvalue weighted by Gasteiger charge is 2.13. The Bertz CT molecular complexity index is 665. The third kappa shape index (κ3) is 2.71. The van der Waals surface area contributed by atoms with Gasteiger partial charge in [-0.2, -0.15) is 5.26 Å². The van der Waals surface area contributed by atoms with E-state index in [-0.39, 0.29) is 18.1 Å². The average Bonchev–Trinajstić information content (AvgIpc) is 2.49. The number of ether oxygens (including phenoxy) is 2. The number of benzene rings is 2. The van der Waals surface area contributed by atoms with E-state index in [0.717, 1.165) is 0 Å². The number of methoxy groups -OCH3 is 1. The first kappa shape index (κ1) is 13.8. The minimum atomic E-state index is -0.581. The molecule has 2 rings (SSSR count). The molecular formula is C15H12FNO3. The summed E-state index contributed by atoms with van der Waals surface area (Å²) in [6, 6.07) is 10.8. The monoisotopic (exact) mass is 273 g/mol. The smallest absolute Gasteiger partial charge is 0.169 e. The maximum absolute atomic E-state index is 13.8. The summed E-state index contributed by atoms with van der Waals surface area (Å²) in [5.41, 5.74) is 0.738. The fourth-order valence-electron chi connectivity index (χ4n) is 1.72. The molecule has 2 aromatic carbocycles. The van der Waals surface area contributed by atoms with E-state index in [0.29, 0.717) is 16.9 Å². The summed E-state index contributed by atoms with van der Waals surface area (Å²) in [7, 11) is 1.43. The Balaban J connectivity index is 2.43. The Labute approximate surface area is 115 Å². The summed E-state index contributed by atoms with van der Waals surface area (Å²) >= 11 is 0. The standard InChI is InChI=1S/C15H12FNO3/c1-19-14-7-10(8-17)5-6-13(14)20-15-11(9-18)3-2-4-12(15)16/h2-7,18H,9H2,1H3. The van der Waals surface area contributed by atoms with Crippen molar-refractivity contribution in [2.24, 2.45) is 0 Å². The van der Waals surface area contributed by atoms with Crippen molar-refractivity contribution >= 4 is 0 Å². The van der Waals surface area contributed by atoms with Crippen LogP contribution < -0.4 is 9.47 Å². The molecular weight excluding hydrogens is 261 g/mol. The topological polar surface area (TPSA) is 62.5 Å². The van der Waals surface area contributed by atoms with Gasteiger partial charge in [0.2, 0.25) is 0 Å². The summed E-state index contributed by atoms with van der Waals surface area (Å²) in [5.74, 6) is -0.0523. The minimum Gasteiger partial charge on any atom is -0.493 e. The lowest BCUT2D eigenvalue weighted by Crippen LogP contribution is -1.97. The summed E-state index contributed by atoms with van der Waals surface area (Å²) < 4.78 is 24.4. The van der Waals surface area contributed by atoms with Crippen LogP contribution in [-0.2, 0) is 6.61 Å². The van der Waals surface area contributed by atoms with Crippen molar-refractivity contribution in [3.8, 4) is 23.3 Å². The Kier molecular flexibility index (Phi) is 4.18. The maximum atomic E-state index is 13.8. The van der Waals surface area contributed by atoms with Crippen molar-refractivity contribution in [3.05, 3.63) is 53.3 Å². The fraction of sp³-hybridized carbons (Fsp3) is 0.133. The lowest BCUT2D eigenvalue weighted by molar-refractivity contribution is 0.273. The molecule has 0 aliphatic carbocycles. The van der Waals surface area contributed by atoms with Crippen molar-refractivity contribution in [2.75, 3.05) is 7.11 Å². The van der Waals surface area contributed by atoms with Crippen LogP contribution in [0.4, 0.5) is 4.39 Å². The van der Waals surface area contributed by atoms with Gasteiger partial charge in [0.1, 0.15) is 0 Å². The number of rotatable bonds is 4. The second-order valence-corrected chi connectivity index (χ2v) is 3.97. The third-order valence-electron chi connectivity index (χ3n) is 2.72. The number of aliphatic hydroxyl groups excluding tert-OH is 1. The van der Waals surface area contributed by atoms with Crippen LogP contribution >= 0.6 is 0 Å². The molecule has 20 heavy (non-hydrogen) atoms. The van der Waals surface area contributed by atoms with Gasteiger partial charge < -0.3 is 14.6 Å². The molecule has 0 bridgehead atoms. The predicted octanol–water partition coefficient (Wildman–Crippen LogP) is 2.99. The lowest BCUT2D eigenvalue weighted by atomic mass is 10.2. The minimum absolute atomic E-state index is 0.0574. The van der Waals surface area contributed by atoms with Gasteiger partial charge in [0.05, 0.1) is 25.3 Å². The Hall–Kier alpha value is -2.58. The summed E-state index contributed by atoms with van der Waals surface area (Å²) in [6.07, 6.45) is 0. The van der Waals surface area contributed by atoms with Gasteiger partial charge in [-0.3, -0.25) is 0 Å². The molecule has 0 amide bonds. The Morgan fingerprint density at radius 1 is 1.25 bits per heavy atom. The van der Waals surface area contributed by atoms with Crippen LogP contribution in [0.3, 0.4) is 0 Å². The van der Waals surface area contributed by atoms with Gasteiger partial charge in [0, 0.05) is 11.6 Å². The first-order valence-electron chi connectivity index (χ1n) is 5.84. The van der Waals surface area contributed by atoms with E-state index >= 15 is 0 Å². The molecule has 0 atom stereocenters. The predicted molar refractivity (Wildman–Crippen MR) is 70.1 cm³/mol. The summed E-state index contributed by atoms with van der Waals surface area (Å²) in [6.45, 7) is -0.342. The normalized spacial score (nSPS) is 9.90. The zero-order valence-corrected chi connectivity index (χ0v) is 10.8. The van der Waals surface area contributed by atoms with Crippen LogP contribution in [0.1, 0.15) is 11.1 Å². The number of hydrogen-bond donors (Lipinski definition) is 1. The highest BCUT2D eigenvalue weighted by molar-refractivity contribution is 5.49. The molecule has 0 saturated heterocycles. The molecule has 0 unspecified atom stereocenters. The van der Waals surface area contributed by atoms with Crippen LogP contribution in [0.5, 0.6) is 17.2 Å². The average molecular weight is 273 g/mol. The highest BCUT2D eigenvalue weighted by Crippen LogP contribution is 2.35. The van der Waals surface area contributed by atoms with E-state index in [4.69, 9.17) is 14.7 Å². The van der Waals surface area contributed by atoms with Crippen molar-refractivity contribution in [1.29, 1.82) is 5.26 Å². The van der Waals surface area contributed by atoms with Crippen molar-refractivity contribution in [2.45, 2.75) is 6.61 Å². The Morgan fingerprint density at radius 3 is 2.70 bits per heavy atom. The maximum Gasteiger partial charge on any atom is 0.169 e. The van der Waals surface area contributed by atoms with E-state index in [1.54, 1.807) is 6.07 Å². The van der Waals surface area contributed by atoms with Crippen LogP contribution in [0.2, 0.25) is 0 Å². The first-order valence-corrected chi connectivity index (χ1v) is 5.84. The van der Waals surface area contributed by atoms with Gasteiger partial charge in [0.15, 0.2) is 23.1 Å². The molecule has 5 heteroatoms. The van der Waals surface area contributed by atoms with E-state index in [1.165, 1.54) is 37.4 Å². The van der Waals surface area contributed by atoms with Gasteiger partial charge in [-0.05, 0) is 18.2 Å². The molecule has 102 valence electrons. The van der Waals surface area contributed by atoms with Crippen molar-refractivity contribution in [3.63, 3.8) is 0 Å². The molecule has 0 heterocycles. The number of nitriles is 1. The number of para-hydroxylation sites is 1. The zero-order chi connectivity index (χ0) is 14.5. The van der Waals surface area contributed by atoms with Gasteiger partial charge in [-0.25, -0.2) is 4.39 Å². The van der Waals surface area contributed by atoms with Crippen molar-refractivity contribution in [1.82, 2.24) is 0 Å². The molecule has 0 radical (unpaired) electrons. The SMILES string of the molecule is COc1cc(C#N)ccc1Oc1c(F)cccc1CO. The largest absolute Gasteiger partial charge is 0.493 e. The van der Waals surface area contributed by atoms with Crippen molar-refractivity contribution < 1.29 is 19.0 Å². The van der Waals surface area contributed by atoms with Crippen LogP contribution in [0.25, 0.3) is 0 Å². The number of hydrogen-bond acceptors (Lipinski definition) is 4. The molecule has 0 aromatic heterocycles. The third-order valence-corrected chi connectivity index (χ3v) is 2.72. The number of aliphatic hydroxyl groups is 1. The summed E-state index contributed by atoms with van der Waals surface area (Å²) in [5, 5.41) is 18.0. The second kappa shape index (κ2) is 6.04. The molecule has 0 aliphatic rings. The fourth-order valence-corrected chi connectivity index (χ4v) is 1.72. The van der Waals surface area contributed by atoms with Crippen LogP contribution in [-0.4, -0.2) is 12.2 Å². The van der Waals surface area contributed by atoms with E-state index in [2.05, 4.69) is 0 Å². The van der Waals surface area contributed by atoms with Crippen LogP contribution in [0.15, 0.2) is 36.4 Å². The quantitative estimate of drug-likeness (QED) is 0.930. The van der Waals surface area contributed by atoms with E-state index in [9.17, 15) is 9.50 Å². The highest BCUT2D eigenvalue weighted by atomic mass is 19.1. The molecule has 4 nitrogen and oxygen atoms in total. The molecule has 0 saturated carbocycles. The van der Waals surface area contributed by atoms with Gasteiger partial charge in [-0.15, -0.1) is 0 Å². The molecule has 2 aromatic rings. The number of halogens is 1. The van der Waals surface area contributed by atoms with Crippen LogP contribution in [0, 0.1) is 17.1 Å². The molecule has 0 spiro atoms.